The summed E-state index contributed by atoms with van der Waals surface area (Å²) in [5.74, 6) is 0. The Kier molecular flexibility index (Phi) is 5.48. The molecule has 1 N–H and O–H groups in total. The molecule has 0 saturated heterocycles. The number of hydrogen-bond acceptors (Lipinski definition) is 4. The molecule has 0 aliphatic heterocycles. The van der Waals surface area contributed by atoms with Crippen LogP contribution in [-0.4, -0.2) is 33.2 Å². The Bertz CT molecular complexity index is 1740. The number of para-hydroxylation sites is 1. The van der Waals surface area contributed by atoms with E-state index < -0.39 is 11.2 Å². The Morgan fingerprint density at radius 3 is 2.35 bits per heavy atom. The topological polar surface area (TPSA) is 59.9 Å². The summed E-state index contributed by atoms with van der Waals surface area (Å²) in [6.07, 6.45) is 2.04. The zero-order valence-corrected chi connectivity index (χ0v) is 21.4. The van der Waals surface area contributed by atoms with Gasteiger partial charge in [-0.2, -0.15) is 0 Å². The quantitative estimate of drug-likeness (QED) is 0.277. The molecule has 0 unspecified atom stereocenters. The lowest BCUT2D eigenvalue weighted by Gasteiger charge is -2.37. The van der Waals surface area contributed by atoms with E-state index in [0.717, 1.165) is 55.6 Å². The zero-order chi connectivity index (χ0) is 25.8. The van der Waals surface area contributed by atoms with Gasteiger partial charge in [0.15, 0.2) is 0 Å². The second kappa shape index (κ2) is 8.61. The highest BCUT2D eigenvalue weighted by Crippen LogP contribution is 2.36. The number of pyridine rings is 1. The number of fused-ring (bicyclic) bond motifs is 4. The SMILES string of the molecule is CC(C)(O)C(C)(C)O[B]c1cc(-c2nc3ccccn3c2-c2ccccc2)cc2c1oc1ccccc12. The minimum atomic E-state index is -1.05. The standard InChI is InChI=1S/C31H28BN2O3/c1-30(2,35)31(3,4)37-32-24-19-21(18-23-22-14-8-9-15-25(22)36-29(23)24)27-28(20-12-6-5-7-13-20)34-17-11-10-16-26(34)33-27/h5-19,35H,1-4H3. The number of rotatable bonds is 6. The fourth-order valence-electron chi connectivity index (χ4n) is 4.50. The third kappa shape index (κ3) is 4.03. The van der Waals surface area contributed by atoms with Crippen LogP contribution in [0.15, 0.2) is 95.5 Å². The van der Waals surface area contributed by atoms with E-state index in [1.54, 1.807) is 21.3 Å². The second-order valence-electron chi connectivity index (χ2n) is 10.4. The minimum Gasteiger partial charge on any atom is -0.457 e. The molecule has 3 aromatic heterocycles. The fraction of sp³-hybridized carbons (Fsp3) is 0.194. The second-order valence-corrected chi connectivity index (χ2v) is 10.4. The van der Waals surface area contributed by atoms with Gasteiger partial charge in [0.1, 0.15) is 16.8 Å². The van der Waals surface area contributed by atoms with Crippen LogP contribution in [-0.2, 0) is 4.65 Å². The smallest absolute Gasteiger partial charge is 0.334 e. The van der Waals surface area contributed by atoms with Crippen molar-refractivity contribution in [1.82, 2.24) is 9.38 Å². The highest BCUT2D eigenvalue weighted by atomic mass is 16.5. The Hall–Kier alpha value is -3.87. The van der Waals surface area contributed by atoms with Gasteiger partial charge in [-0.05, 0) is 57.4 Å². The number of aromatic nitrogens is 2. The van der Waals surface area contributed by atoms with Crippen molar-refractivity contribution in [2.24, 2.45) is 0 Å². The molecule has 0 atom stereocenters. The summed E-state index contributed by atoms with van der Waals surface area (Å²) in [6, 6.07) is 28.6. The van der Waals surface area contributed by atoms with E-state index >= 15 is 0 Å². The molecule has 0 fully saturated rings. The molecular formula is C31H28BN2O3. The van der Waals surface area contributed by atoms with Crippen LogP contribution in [0.25, 0.3) is 50.1 Å². The fourth-order valence-corrected chi connectivity index (χ4v) is 4.50. The number of furan rings is 1. The number of imidazole rings is 1. The first-order valence-corrected chi connectivity index (χ1v) is 12.4. The summed E-state index contributed by atoms with van der Waals surface area (Å²) >= 11 is 0. The highest BCUT2D eigenvalue weighted by molar-refractivity contribution is 6.51. The monoisotopic (exact) mass is 487 g/mol. The number of nitrogens with zero attached hydrogens (tertiary/aromatic N) is 2. The van der Waals surface area contributed by atoms with Crippen molar-refractivity contribution in [3.05, 3.63) is 91.1 Å². The Morgan fingerprint density at radius 1 is 0.838 bits per heavy atom. The predicted octanol–water partition coefficient (Wildman–Crippen LogP) is 6.38. The van der Waals surface area contributed by atoms with Crippen molar-refractivity contribution in [2.45, 2.75) is 38.9 Å². The average molecular weight is 487 g/mol. The summed E-state index contributed by atoms with van der Waals surface area (Å²) < 4.78 is 14.6. The van der Waals surface area contributed by atoms with Crippen LogP contribution in [0.5, 0.6) is 0 Å². The summed E-state index contributed by atoms with van der Waals surface area (Å²) in [7, 11) is 1.70. The maximum Gasteiger partial charge on any atom is 0.334 e. The third-order valence-electron chi connectivity index (χ3n) is 7.31. The normalized spacial score (nSPS) is 12.6. The van der Waals surface area contributed by atoms with E-state index in [1.165, 1.54) is 0 Å². The molecule has 0 bridgehead atoms. The van der Waals surface area contributed by atoms with Crippen molar-refractivity contribution >= 4 is 40.5 Å². The van der Waals surface area contributed by atoms with Crippen LogP contribution >= 0.6 is 0 Å². The molecule has 6 rings (SSSR count). The maximum absolute atomic E-state index is 10.6. The number of hydrogen-bond donors (Lipinski definition) is 1. The van der Waals surface area contributed by atoms with Gasteiger partial charge in [0.25, 0.3) is 0 Å². The lowest BCUT2D eigenvalue weighted by Crippen LogP contribution is -2.49. The van der Waals surface area contributed by atoms with Crippen molar-refractivity contribution < 1.29 is 14.2 Å². The Labute approximate surface area is 216 Å². The zero-order valence-electron chi connectivity index (χ0n) is 21.4. The average Bonchev–Trinajstić information content (AvgIpc) is 3.46. The molecule has 3 heterocycles. The molecule has 0 amide bonds. The van der Waals surface area contributed by atoms with Crippen LogP contribution in [0.2, 0.25) is 0 Å². The maximum atomic E-state index is 10.6. The van der Waals surface area contributed by atoms with Crippen LogP contribution in [0.4, 0.5) is 0 Å². The van der Waals surface area contributed by atoms with Crippen molar-refractivity contribution in [1.29, 1.82) is 0 Å². The van der Waals surface area contributed by atoms with E-state index in [2.05, 4.69) is 34.7 Å². The van der Waals surface area contributed by atoms with Gasteiger partial charge >= 0.3 is 7.48 Å². The van der Waals surface area contributed by atoms with Crippen molar-refractivity contribution in [3.8, 4) is 22.5 Å². The first-order valence-electron chi connectivity index (χ1n) is 12.4. The van der Waals surface area contributed by atoms with Gasteiger partial charge in [0.2, 0.25) is 0 Å². The largest absolute Gasteiger partial charge is 0.457 e. The molecule has 1 radical (unpaired) electrons. The van der Waals surface area contributed by atoms with Gasteiger partial charge < -0.3 is 14.2 Å². The van der Waals surface area contributed by atoms with Gasteiger partial charge in [0.05, 0.1) is 22.6 Å². The van der Waals surface area contributed by atoms with E-state index in [9.17, 15) is 5.11 Å². The molecule has 0 aliphatic carbocycles. The minimum absolute atomic E-state index is 0.738. The summed E-state index contributed by atoms with van der Waals surface area (Å²) in [5.41, 5.74) is 5.28. The van der Waals surface area contributed by atoms with Gasteiger partial charge in [-0.3, -0.25) is 4.40 Å². The summed E-state index contributed by atoms with van der Waals surface area (Å²) in [5, 5.41) is 12.7. The number of aliphatic hydroxyl groups is 1. The van der Waals surface area contributed by atoms with Gasteiger partial charge in [0, 0.05) is 28.1 Å². The molecule has 183 valence electrons. The van der Waals surface area contributed by atoms with E-state index in [0.29, 0.717) is 0 Å². The molecule has 37 heavy (non-hydrogen) atoms. The highest BCUT2D eigenvalue weighted by Gasteiger charge is 2.36. The third-order valence-corrected chi connectivity index (χ3v) is 7.31. The summed E-state index contributed by atoms with van der Waals surface area (Å²) in [4.78, 5) is 5.06. The summed E-state index contributed by atoms with van der Waals surface area (Å²) in [6.45, 7) is 7.24. The predicted molar refractivity (Wildman–Crippen MR) is 150 cm³/mol. The molecule has 0 spiro atoms. The van der Waals surface area contributed by atoms with E-state index in [4.69, 9.17) is 14.1 Å². The Balaban J connectivity index is 1.60. The molecule has 5 nitrogen and oxygen atoms in total. The molecule has 6 heteroatoms. The van der Waals surface area contributed by atoms with Crippen LogP contribution in [0, 0.1) is 0 Å². The van der Waals surface area contributed by atoms with Gasteiger partial charge in [-0.1, -0.05) is 60.7 Å². The molecular weight excluding hydrogens is 459 g/mol. The number of benzene rings is 3. The van der Waals surface area contributed by atoms with E-state index in [-0.39, 0.29) is 0 Å². The molecule has 6 aromatic rings. The molecule has 0 aliphatic rings. The van der Waals surface area contributed by atoms with Crippen LogP contribution in [0.3, 0.4) is 0 Å². The molecule has 0 saturated carbocycles. The van der Waals surface area contributed by atoms with Crippen molar-refractivity contribution in [3.63, 3.8) is 0 Å². The van der Waals surface area contributed by atoms with Crippen LogP contribution in [0.1, 0.15) is 27.7 Å². The lowest BCUT2D eigenvalue weighted by atomic mass is 9.80. The van der Waals surface area contributed by atoms with Gasteiger partial charge in [-0.15, -0.1) is 0 Å². The molecule has 3 aromatic carbocycles. The lowest BCUT2D eigenvalue weighted by molar-refractivity contribution is -0.0893. The van der Waals surface area contributed by atoms with Crippen LogP contribution < -0.4 is 5.46 Å². The van der Waals surface area contributed by atoms with E-state index in [1.807, 2.05) is 74.6 Å². The Morgan fingerprint density at radius 2 is 1.57 bits per heavy atom. The van der Waals surface area contributed by atoms with Crippen molar-refractivity contribution in [2.75, 3.05) is 0 Å². The first kappa shape index (κ1) is 23.5. The first-order chi connectivity index (χ1) is 17.7. The van der Waals surface area contributed by atoms with Gasteiger partial charge in [-0.25, -0.2) is 4.98 Å².